The van der Waals surface area contributed by atoms with E-state index < -0.39 is 11.9 Å². The smallest absolute Gasteiger partial charge is 0.306 e. The number of carboxylic acids is 1. The van der Waals surface area contributed by atoms with Gasteiger partial charge >= 0.3 is 5.97 Å². The fraction of sp³-hybridized carbons (Fsp3) is 0.500. The number of rotatable bonds is 7. The molecular weight excluding hydrogens is 251 g/mol. The van der Waals surface area contributed by atoms with Crippen LogP contribution in [0.5, 0.6) is 0 Å². The summed E-state index contributed by atoms with van der Waals surface area (Å²) in [5.74, 6) is -0.723. The van der Waals surface area contributed by atoms with Crippen LogP contribution in [0.1, 0.15) is 25.8 Å². The summed E-state index contributed by atoms with van der Waals surface area (Å²) in [5, 5.41) is 9.67. The zero-order valence-electron chi connectivity index (χ0n) is 10.7. The molecule has 0 fully saturated rings. The first-order valence-corrected chi connectivity index (χ1v) is 7.12. The molecule has 0 spiro atoms. The molecule has 1 rings (SSSR count). The Morgan fingerprint density at radius 1 is 1.44 bits per heavy atom. The Labute approximate surface area is 112 Å². The van der Waals surface area contributed by atoms with E-state index in [0.29, 0.717) is 18.1 Å². The van der Waals surface area contributed by atoms with Gasteiger partial charge in [0, 0.05) is 0 Å². The van der Waals surface area contributed by atoms with Crippen molar-refractivity contribution in [1.82, 2.24) is 0 Å². The van der Waals surface area contributed by atoms with E-state index in [9.17, 15) is 9.18 Å². The summed E-state index contributed by atoms with van der Waals surface area (Å²) in [6.07, 6.45) is 1.01. The maximum absolute atomic E-state index is 13.0. The predicted molar refractivity (Wildman–Crippen MR) is 73.4 cm³/mol. The van der Waals surface area contributed by atoms with Crippen molar-refractivity contribution in [2.45, 2.75) is 31.9 Å². The number of thioether (sulfide) groups is 1. The fourth-order valence-corrected chi connectivity index (χ4v) is 2.60. The van der Waals surface area contributed by atoms with Crippen molar-refractivity contribution >= 4 is 17.7 Å². The van der Waals surface area contributed by atoms with Crippen LogP contribution in [0, 0.1) is 11.7 Å². The van der Waals surface area contributed by atoms with Crippen LogP contribution >= 0.6 is 11.8 Å². The molecule has 0 saturated heterocycles. The van der Waals surface area contributed by atoms with E-state index in [0.717, 1.165) is 11.3 Å². The van der Waals surface area contributed by atoms with Crippen LogP contribution in [0.15, 0.2) is 24.3 Å². The summed E-state index contributed by atoms with van der Waals surface area (Å²) in [7, 11) is 0. The zero-order valence-corrected chi connectivity index (χ0v) is 11.5. The second kappa shape index (κ2) is 7.41. The molecule has 1 aromatic rings. The lowest BCUT2D eigenvalue weighted by Gasteiger charge is -2.13. The van der Waals surface area contributed by atoms with Crippen LogP contribution in [0.4, 0.5) is 4.39 Å². The topological polar surface area (TPSA) is 37.3 Å². The molecular formula is C14H19FO2S. The third-order valence-electron chi connectivity index (χ3n) is 2.64. The number of halogens is 1. The highest BCUT2D eigenvalue weighted by molar-refractivity contribution is 7.99. The molecule has 0 bridgehead atoms. The lowest BCUT2D eigenvalue weighted by atomic mass is 9.97. The molecule has 0 aromatic heterocycles. The van der Waals surface area contributed by atoms with E-state index in [4.69, 9.17) is 5.11 Å². The minimum Gasteiger partial charge on any atom is -0.481 e. The molecule has 1 N–H and O–H groups in total. The SMILES string of the molecule is CC(C)SCCC(Cc1cccc(F)c1)C(=O)O. The van der Waals surface area contributed by atoms with E-state index in [1.54, 1.807) is 23.9 Å². The lowest BCUT2D eigenvalue weighted by molar-refractivity contribution is -0.141. The van der Waals surface area contributed by atoms with Crippen LogP contribution in [-0.4, -0.2) is 22.1 Å². The van der Waals surface area contributed by atoms with Gasteiger partial charge in [0.15, 0.2) is 0 Å². The fourth-order valence-electron chi connectivity index (χ4n) is 1.71. The summed E-state index contributed by atoms with van der Waals surface area (Å²) >= 11 is 1.75. The van der Waals surface area contributed by atoms with Crippen molar-refractivity contribution in [3.63, 3.8) is 0 Å². The first kappa shape index (κ1) is 15.0. The van der Waals surface area contributed by atoms with Gasteiger partial charge in [0.25, 0.3) is 0 Å². The molecule has 4 heteroatoms. The van der Waals surface area contributed by atoms with Gasteiger partial charge in [-0.15, -0.1) is 0 Å². The first-order valence-electron chi connectivity index (χ1n) is 6.08. The van der Waals surface area contributed by atoms with E-state index in [2.05, 4.69) is 13.8 Å². The second-order valence-electron chi connectivity index (χ2n) is 4.58. The Morgan fingerprint density at radius 3 is 2.72 bits per heavy atom. The van der Waals surface area contributed by atoms with Crippen LogP contribution in [0.2, 0.25) is 0 Å². The Hall–Kier alpha value is -1.03. The van der Waals surface area contributed by atoms with Crippen LogP contribution in [-0.2, 0) is 11.2 Å². The van der Waals surface area contributed by atoms with Crippen molar-refractivity contribution in [3.05, 3.63) is 35.6 Å². The van der Waals surface area contributed by atoms with Crippen molar-refractivity contribution in [2.75, 3.05) is 5.75 Å². The molecule has 1 unspecified atom stereocenters. The molecule has 0 heterocycles. The van der Waals surface area contributed by atoms with Crippen molar-refractivity contribution in [2.24, 2.45) is 5.92 Å². The highest BCUT2D eigenvalue weighted by Gasteiger charge is 2.18. The number of benzene rings is 1. The second-order valence-corrected chi connectivity index (χ2v) is 6.26. The van der Waals surface area contributed by atoms with Crippen molar-refractivity contribution < 1.29 is 14.3 Å². The molecule has 0 amide bonds. The van der Waals surface area contributed by atoms with Gasteiger partial charge in [0.1, 0.15) is 5.82 Å². The Morgan fingerprint density at radius 2 is 2.17 bits per heavy atom. The average Bonchev–Trinajstić information content (AvgIpc) is 2.27. The van der Waals surface area contributed by atoms with E-state index in [-0.39, 0.29) is 5.82 Å². The van der Waals surface area contributed by atoms with Gasteiger partial charge in [-0.1, -0.05) is 26.0 Å². The summed E-state index contributed by atoms with van der Waals surface area (Å²) in [6.45, 7) is 4.18. The van der Waals surface area contributed by atoms with Crippen LogP contribution < -0.4 is 0 Å². The number of hydrogen-bond donors (Lipinski definition) is 1. The van der Waals surface area contributed by atoms with E-state index >= 15 is 0 Å². The summed E-state index contributed by atoms with van der Waals surface area (Å²) in [5.41, 5.74) is 0.747. The van der Waals surface area contributed by atoms with Crippen LogP contribution in [0.25, 0.3) is 0 Å². The number of aliphatic carboxylic acids is 1. The zero-order chi connectivity index (χ0) is 13.5. The number of carboxylic acid groups (broad SMARTS) is 1. The largest absolute Gasteiger partial charge is 0.481 e. The van der Waals surface area contributed by atoms with Crippen LogP contribution in [0.3, 0.4) is 0 Å². The van der Waals surface area contributed by atoms with Gasteiger partial charge in [0.2, 0.25) is 0 Å². The quantitative estimate of drug-likeness (QED) is 0.822. The summed E-state index contributed by atoms with van der Waals surface area (Å²) in [6, 6.07) is 6.17. The Balaban J connectivity index is 2.55. The van der Waals surface area contributed by atoms with Crippen molar-refractivity contribution in [1.29, 1.82) is 0 Å². The molecule has 2 nitrogen and oxygen atoms in total. The molecule has 0 saturated carbocycles. The minimum absolute atomic E-state index is 0.312. The molecule has 0 radical (unpaired) electrons. The standard InChI is InChI=1S/C14H19FO2S/c1-10(2)18-7-6-12(14(16)17)8-11-4-3-5-13(15)9-11/h3-5,9-10,12H,6-8H2,1-2H3,(H,16,17). The predicted octanol–water partition coefficient (Wildman–Crippen LogP) is 3.60. The monoisotopic (exact) mass is 270 g/mol. The van der Waals surface area contributed by atoms with Gasteiger partial charge in [-0.3, -0.25) is 4.79 Å². The van der Waals surface area contributed by atoms with Crippen molar-refractivity contribution in [3.8, 4) is 0 Å². The minimum atomic E-state index is -0.802. The van der Waals surface area contributed by atoms with Gasteiger partial charge in [-0.25, -0.2) is 4.39 Å². The molecule has 0 aliphatic carbocycles. The molecule has 0 aliphatic rings. The molecule has 1 atom stereocenters. The van der Waals surface area contributed by atoms with Gasteiger partial charge in [0.05, 0.1) is 5.92 Å². The summed E-state index contributed by atoms with van der Waals surface area (Å²) < 4.78 is 13.0. The van der Waals surface area contributed by atoms with Gasteiger partial charge in [-0.2, -0.15) is 11.8 Å². The maximum atomic E-state index is 13.0. The number of carbonyl (C=O) groups is 1. The third-order valence-corrected chi connectivity index (χ3v) is 3.78. The molecule has 18 heavy (non-hydrogen) atoms. The first-order chi connectivity index (χ1) is 8.49. The summed E-state index contributed by atoms with van der Waals surface area (Å²) in [4.78, 5) is 11.2. The van der Waals surface area contributed by atoms with Gasteiger partial charge in [-0.05, 0) is 41.5 Å². The van der Waals surface area contributed by atoms with E-state index in [1.165, 1.54) is 12.1 Å². The van der Waals surface area contributed by atoms with Gasteiger partial charge < -0.3 is 5.11 Å². The maximum Gasteiger partial charge on any atom is 0.306 e. The van der Waals surface area contributed by atoms with E-state index in [1.807, 2.05) is 0 Å². The average molecular weight is 270 g/mol. The Bertz CT molecular complexity index is 393. The molecule has 0 aliphatic heterocycles. The lowest BCUT2D eigenvalue weighted by Crippen LogP contribution is -2.17. The normalized spacial score (nSPS) is 12.7. The molecule has 100 valence electrons. The molecule has 1 aromatic carbocycles. The highest BCUT2D eigenvalue weighted by atomic mass is 32.2. The highest BCUT2D eigenvalue weighted by Crippen LogP contribution is 2.18. The number of hydrogen-bond acceptors (Lipinski definition) is 2. The third kappa shape index (κ3) is 5.54. The Kier molecular flexibility index (Phi) is 6.19.